The molecular formula is C15H21BrN2O. The fourth-order valence-corrected chi connectivity index (χ4v) is 2.86. The number of rotatable bonds is 3. The Hall–Kier alpha value is -0.870. The molecule has 1 amide bonds. The second-order valence-corrected chi connectivity index (χ2v) is 6.65. The second kappa shape index (κ2) is 6.06. The number of nitrogens with one attached hydrogen (secondary N) is 2. The molecule has 19 heavy (non-hydrogen) atoms. The number of carbonyl (C=O) groups excluding carboxylic acids is 1. The van der Waals surface area contributed by atoms with Gasteiger partial charge in [-0.15, -0.1) is 0 Å². The number of carbonyl (C=O) groups is 1. The van der Waals surface area contributed by atoms with Gasteiger partial charge in [-0.1, -0.05) is 28.9 Å². The number of hydrogen-bond acceptors (Lipinski definition) is 2. The third-order valence-electron chi connectivity index (χ3n) is 3.81. The molecule has 1 aliphatic heterocycles. The molecule has 3 nitrogen and oxygen atoms in total. The number of halogens is 1. The molecular weight excluding hydrogens is 304 g/mol. The Morgan fingerprint density at radius 3 is 3.00 bits per heavy atom. The van der Waals surface area contributed by atoms with E-state index in [2.05, 4.69) is 33.5 Å². The third kappa shape index (κ3) is 3.80. The van der Waals surface area contributed by atoms with Crippen molar-refractivity contribution in [1.29, 1.82) is 0 Å². The fourth-order valence-electron chi connectivity index (χ4n) is 2.50. The van der Waals surface area contributed by atoms with E-state index in [0.717, 1.165) is 41.7 Å². The van der Waals surface area contributed by atoms with Crippen molar-refractivity contribution in [3.05, 3.63) is 33.8 Å². The summed E-state index contributed by atoms with van der Waals surface area (Å²) < 4.78 is 0.939. The van der Waals surface area contributed by atoms with Crippen molar-refractivity contribution < 1.29 is 4.79 Å². The summed E-state index contributed by atoms with van der Waals surface area (Å²) in [4.78, 5) is 12.3. The minimum atomic E-state index is 0.0191. The molecule has 0 spiro atoms. The Bertz CT molecular complexity index is 467. The van der Waals surface area contributed by atoms with Gasteiger partial charge in [-0.2, -0.15) is 0 Å². The van der Waals surface area contributed by atoms with E-state index in [1.807, 2.05) is 25.1 Å². The van der Waals surface area contributed by atoms with Crippen molar-refractivity contribution in [2.24, 2.45) is 5.41 Å². The van der Waals surface area contributed by atoms with Gasteiger partial charge in [0, 0.05) is 23.1 Å². The lowest BCUT2D eigenvalue weighted by atomic mass is 9.83. The van der Waals surface area contributed by atoms with Crippen molar-refractivity contribution in [3.8, 4) is 0 Å². The smallest absolute Gasteiger partial charge is 0.251 e. The number of amides is 1. The van der Waals surface area contributed by atoms with Gasteiger partial charge in [0.2, 0.25) is 0 Å². The van der Waals surface area contributed by atoms with Crippen LogP contribution >= 0.6 is 15.9 Å². The van der Waals surface area contributed by atoms with Crippen molar-refractivity contribution in [3.63, 3.8) is 0 Å². The number of hydrogen-bond donors (Lipinski definition) is 2. The predicted molar refractivity (Wildman–Crippen MR) is 81.4 cm³/mol. The average Bonchev–Trinajstić information content (AvgIpc) is 2.40. The van der Waals surface area contributed by atoms with Crippen molar-refractivity contribution in [1.82, 2.24) is 10.6 Å². The van der Waals surface area contributed by atoms with E-state index in [-0.39, 0.29) is 11.3 Å². The summed E-state index contributed by atoms with van der Waals surface area (Å²) >= 11 is 3.41. The molecule has 2 N–H and O–H groups in total. The first-order valence-corrected chi connectivity index (χ1v) is 7.55. The van der Waals surface area contributed by atoms with Crippen molar-refractivity contribution >= 4 is 21.8 Å². The Kier molecular flexibility index (Phi) is 4.63. The molecule has 0 aliphatic carbocycles. The van der Waals surface area contributed by atoms with Crippen molar-refractivity contribution in [2.45, 2.75) is 26.7 Å². The van der Waals surface area contributed by atoms with Crippen molar-refractivity contribution in [2.75, 3.05) is 19.6 Å². The molecule has 1 atom stereocenters. The normalized spacial score (nSPS) is 23.1. The van der Waals surface area contributed by atoms with Gasteiger partial charge in [0.25, 0.3) is 5.91 Å². The summed E-state index contributed by atoms with van der Waals surface area (Å²) in [6.07, 6.45) is 2.35. The lowest BCUT2D eigenvalue weighted by Gasteiger charge is -2.34. The first kappa shape index (κ1) is 14.5. The molecule has 1 unspecified atom stereocenters. The summed E-state index contributed by atoms with van der Waals surface area (Å²) in [6.45, 7) is 6.99. The average molecular weight is 325 g/mol. The van der Waals surface area contributed by atoms with Gasteiger partial charge in [0.1, 0.15) is 0 Å². The van der Waals surface area contributed by atoms with E-state index in [4.69, 9.17) is 0 Å². The standard InChI is InChI=1S/C15H21BrN2O/c1-11-4-5-12(16)8-13(11)14(19)18-10-15(2)6-3-7-17-9-15/h4-5,8,17H,3,6-7,9-10H2,1-2H3,(H,18,19). The Labute approximate surface area is 123 Å². The zero-order valence-corrected chi connectivity index (χ0v) is 13.1. The topological polar surface area (TPSA) is 41.1 Å². The van der Waals surface area contributed by atoms with Crippen LogP contribution in [0.3, 0.4) is 0 Å². The molecule has 0 radical (unpaired) electrons. The minimum absolute atomic E-state index is 0.0191. The molecule has 0 aromatic heterocycles. The molecule has 104 valence electrons. The lowest BCUT2D eigenvalue weighted by Crippen LogP contribution is -2.45. The molecule has 0 bridgehead atoms. The van der Waals surface area contributed by atoms with Crippen LogP contribution in [0.2, 0.25) is 0 Å². The maximum absolute atomic E-state index is 12.3. The van der Waals surface area contributed by atoms with Gasteiger partial charge in [-0.05, 0) is 49.4 Å². The van der Waals surface area contributed by atoms with Crippen LogP contribution in [0, 0.1) is 12.3 Å². The van der Waals surface area contributed by atoms with Crippen LogP contribution in [0.15, 0.2) is 22.7 Å². The van der Waals surface area contributed by atoms with Gasteiger partial charge in [-0.3, -0.25) is 4.79 Å². The highest BCUT2D eigenvalue weighted by Gasteiger charge is 2.27. The summed E-state index contributed by atoms with van der Waals surface area (Å²) in [7, 11) is 0. The fraction of sp³-hybridized carbons (Fsp3) is 0.533. The van der Waals surface area contributed by atoms with E-state index in [9.17, 15) is 4.79 Å². The highest BCUT2D eigenvalue weighted by molar-refractivity contribution is 9.10. The summed E-state index contributed by atoms with van der Waals surface area (Å²) in [5.74, 6) is 0.0191. The molecule has 4 heteroatoms. The van der Waals surface area contributed by atoms with Gasteiger partial charge in [0.15, 0.2) is 0 Å². The van der Waals surface area contributed by atoms with Gasteiger partial charge < -0.3 is 10.6 Å². The van der Waals surface area contributed by atoms with Crippen LogP contribution in [0.25, 0.3) is 0 Å². The van der Waals surface area contributed by atoms with E-state index < -0.39 is 0 Å². The predicted octanol–water partition coefficient (Wildman–Crippen LogP) is 2.88. The molecule has 1 saturated heterocycles. The van der Waals surface area contributed by atoms with Crippen LogP contribution in [0.4, 0.5) is 0 Å². The third-order valence-corrected chi connectivity index (χ3v) is 4.30. The molecule has 1 aromatic rings. The van der Waals surface area contributed by atoms with Gasteiger partial charge in [0.05, 0.1) is 0 Å². The summed E-state index contributed by atoms with van der Waals surface area (Å²) in [6, 6.07) is 5.80. The first-order valence-electron chi connectivity index (χ1n) is 6.75. The number of piperidine rings is 1. The molecule has 2 rings (SSSR count). The maximum atomic E-state index is 12.3. The summed E-state index contributed by atoms with van der Waals surface area (Å²) in [5.41, 5.74) is 1.93. The van der Waals surface area contributed by atoms with Crippen LogP contribution in [0.1, 0.15) is 35.7 Å². The maximum Gasteiger partial charge on any atom is 0.251 e. The minimum Gasteiger partial charge on any atom is -0.351 e. The molecule has 1 aromatic carbocycles. The van der Waals surface area contributed by atoms with Crippen LogP contribution in [0.5, 0.6) is 0 Å². The highest BCUT2D eigenvalue weighted by Crippen LogP contribution is 2.24. The van der Waals surface area contributed by atoms with E-state index in [1.54, 1.807) is 0 Å². The van der Waals surface area contributed by atoms with Crippen LogP contribution < -0.4 is 10.6 Å². The van der Waals surface area contributed by atoms with E-state index in [1.165, 1.54) is 6.42 Å². The Morgan fingerprint density at radius 2 is 2.32 bits per heavy atom. The molecule has 0 saturated carbocycles. The van der Waals surface area contributed by atoms with E-state index in [0.29, 0.717) is 0 Å². The van der Waals surface area contributed by atoms with Gasteiger partial charge in [-0.25, -0.2) is 0 Å². The lowest BCUT2D eigenvalue weighted by molar-refractivity contribution is 0.0924. The summed E-state index contributed by atoms with van der Waals surface area (Å²) in [5, 5.41) is 6.48. The second-order valence-electron chi connectivity index (χ2n) is 5.73. The first-order chi connectivity index (χ1) is 9.00. The Balaban J connectivity index is 1.99. The van der Waals surface area contributed by atoms with Crippen LogP contribution in [-0.4, -0.2) is 25.5 Å². The SMILES string of the molecule is Cc1ccc(Br)cc1C(=O)NCC1(C)CCCNC1. The molecule has 1 heterocycles. The molecule has 1 aliphatic rings. The quantitative estimate of drug-likeness (QED) is 0.897. The van der Waals surface area contributed by atoms with E-state index >= 15 is 0 Å². The highest BCUT2D eigenvalue weighted by atomic mass is 79.9. The largest absolute Gasteiger partial charge is 0.351 e. The van der Waals surface area contributed by atoms with Crippen LogP contribution in [-0.2, 0) is 0 Å². The van der Waals surface area contributed by atoms with Gasteiger partial charge >= 0.3 is 0 Å². The Morgan fingerprint density at radius 1 is 1.53 bits per heavy atom. The number of aryl methyl sites for hydroxylation is 1. The zero-order chi connectivity index (χ0) is 13.9. The zero-order valence-electron chi connectivity index (χ0n) is 11.6. The molecule has 1 fully saturated rings. The number of benzene rings is 1. The monoisotopic (exact) mass is 324 g/mol.